The molecule has 5 rings (SSSR count). The number of alkyl halides is 3. The van der Waals surface area contributed by atoms with Gasteiger partial charge in [0.2, 0.25) is 0 Å². The summed E-state index contributed by atoms with van der Waals surface area (Å²) in [5.41, 5.74) is 0.560. The van der Waals surface area contributed by atoms with Gasteiger partial charge in [0.15, 0.2) is 11.8 Å². The molecule has 190 valence electrons. The van der Waals surface area contributed by atoms with E-state index in [1.165, 1.54) is 34.2 Å². The molecule has 0 aliphatic carbocycles. The van der Waals surface area contributed by atoms with Crippen molar-refractivity contribution in [1.82, 2.24) is 19.7 Å². The quantitative estimate of drug-likeness (QED) is 0.378. The Balaban J connectivity index is 1.17. The molecule has 1 atom stereocenters. The lowest BCUT2D eigenvalue weighted by atomic mass is 9.98. The second kappa shape index (κ2) is 9.64. The van der Waals surface area contributed by atoms with E-state index in [1.54, 1.807) is 19.3 Å². The fourth-order valence-electron chi connectivity index (χ4n) is 4.34. The number of nitrogens with zero attached hydrogens (tertiary/aromatic N) is 5. The van der Waals surface area contributed by atoms with E-state index < -0.39 is 29.6 Å². The molecule has 1 aromatic carbocycles. The first-order valence-corrected chi connectivity index (χ1v) is 12.2. The average molecular weight is 524 g/mol. The minimum atomic E-state index is -4.47. The predicted octanol–water partition coefficient (Wildman–Crippen LogP) is 6.12. The molecular weight excluding hydrogens is 501 g/mol. The molecule has 3 aromatic rings. The Morgan fingerprint density at radius 1 is 1.11 bits per heavy atom. The minimum absolute atomic E-state index is 0.132. The van der Waals surface area contributed by atoms with E-state index in [9.17, 15) is 22.0 Å². The Bertz CT molecular complexity index is 1290. The third-order valence-electron chi connectivity index (χ3n) is 6.32. The van der Waals surface area contributed by atoms with Crippen LogP contribution in [0.5, 0.6) is 0 Å². The molecule has 0 unspecified atom stereocenters. The highest BCUT2D eigenvalue weighted by Gasteiger charge is 2.34. The summed E-state index contributed by atoms with van der Waals surface area (Å²) in [5.74, 6) is -1.10. The first-order chi connectivity index (χ1) is 17.2. The maximum Gasteiger partial charge on any atom is 0.435 e. The van der Waals surface area contributed by atoms with Gasteiger partial charge in [-0.3, -0.25) is 0 Å². The Kier molecular flexibility index (Phi) is 6.54. The Hall–Kier alpha value is -3.28. The van der Waals surface area contributed by atoms with Crippen molar-refractivity contribution in [1.29, 1.82) is 0 Å². The SMILES string of the molecule is Cc1cc(C(F)(F)F)nn1/C=C/N1CCC(c2nc(C3=NO[C@@H](c4c(F)cccc4F)C3)cs2)CC1. The third-order valence-corrected chi connectivity index (χ3v) is 7.33. The molecule has 0 saturated carbocycles. The van der Waals surface area contributed by atoms with Gasteiger partial charge < -0.3 is 9.74 Å². The summed E-state index contributed by atoms with van der Waals surface area (Å²) in [5, 5.41) is 10.5. The number of aromatic nitrogens is 3. The summed E-state index contributed by atoms with van der Waals surface area (Å²) in [4.78, 5) is 12.1. The molecule has 0 spiro atoms. The molecule has 0 radical (unpaired) electrons. The fraction of sp³-hybridized carbons (Fsp3) is 0.375. The summed E-state index contributed by atoms with van der Waals surface area (Å²) in [6, 6.07) is 4.71. The van der Waals surface area contributed by atoms with Crippen molar-refractivity contribution in [3.63, 3.8) is 0 Å². The number of likely N-dealkylation sites (tertiary alicyclic amines) is 1. The van der Waals surface area contributed by atoms with E-state index >= 15 is 0 Å². The summed E-state index contributed by atoms with van der Waals surface area (Å²) >= 11 is 1.51. The van der Waals surface area contributed by atoms with Crippen LogP contribution in [-0.2, 0) is 11.0 Å². The summed E-state index contributed by atoms with van der Waals surface area (Å²) in [6.07, 6.45) is -0.111. The zero-order valence-corrected chi connectivity index (χ0v) is 20.0. The Morgan fingerprint density at radius 3 is 2.50 bits per heavy atom. The molecule has 6 nitrogen and oxygen atoms in total. The molecule has 1 saturated heterocycles. The first kappa shape index (κ1) is 24.4. The van der Waals surface area contributed by atoms with Crippen LogP contribution in [0.1, 0.15) is 58.9 Å². The molecule has 1 fully saturated rings. The van der Waals surface area contributed by atoms with Crippen LogP contribution in [0, 0.1) is 18.6 Å². The van der Waals surface area contributed by atoms with Crippen LogP contribution in [0.3, 0.4) is 0 Å². The van der Waals surface area contributed by atoms with Crippen molar-refractivity contribution in [3.05, 3.63) is 75.1 Å². The zero-order valence-electron chi connectivity index (χ0n) is 19.2. The highest BCUT2D eigenvalue weighted by Crippen LogP contribution is 2.35. The van der Waals surface area contributed by atoms with Gasteiger partial charge in [-0.2, -0.15) is 18.3 Å². The molecule has 4 heterocycles. The lowest BCUT2D eigenvalue weighted by Gasteiger charge is -2.30. The zero-order chi connectivity index (χ0) is 25.4. The van der Waals surface area contributed by atoms with E-state index in [2.05, 4.69) is 10.3 Å². The molecule has 2 aromatic heterocycles. The Labute approximate surface area is 207 Å². The normalized spacial score (nSPS) is 19.2. The van der Waals surface area contributed by atoms with Crippen molar-refractivity contribution < 1.29 is 26.8 Å². The van der Waals surface area contributed by atoms with Crippen molar-refractivity contribution in [2.45, 2.75) is 44.4 Å². The van der Waals surface area contributed by atoms with Crippen LogP contribution in [0.2, 0.25) is 0 Å². The van der Waals surface area contributed by atoms with Crippen molar-refractivity contribution >= 4 is 23.2 Å². The number of rotatable bonds is 5. The number of piperidine rings is 1. The van der Waals surface area contributed by atoms with Gasteiger partial charge in [0.25, 0.3) is 0 Å². The monoisotopic (exact) mass is 523 g/mol. The van der Waals surface area contributed by atoms with Crippen molar-refractivity contribution in [3.8, 4) is 0 Å². The summed E-state index contributed by atoms with van der Waals surface area (Å²) in [6.45, 7) is 3.02. The number of hydrogen-bond acceptors (Lipinski definition) is 6. The van der Waals surface area contributed by atoms with Gasteiger partial charge in [-0.25, -0.2) is 18.4 Å². The van der Waals surface area contributed by atoms with Crippen LogP contribution < -0.4 is 0 Å². The van der Waals surface area contributed by atoms with E-state index in [-0.39, 0.29) is 17.9 Å². The minimum Gasteiger partial charge on any atom is -0.387 e. The van der Waals surface area contributed by atoms with Gasteiger partial charge in [0.1, 0.15) is 17.3 Å². The average Bonchev–Trinajstić information content (AvgIpc) is 3.58. The largest absolute Gasteiger partial charge is 0.435 e. The summed E-state index contributed by atoms with van der Waals surface area (Å²) < 4.78 is 68.0. The molecule has 2 aliphatic heterocycles. The van der Waals surface area contributed by atoms with Crippen LogP contribution in [0.25, 0.3) is 6.20 Å². The van der Waals surface area contributed by atoms with Gasteiger partial charge in [0.05, 0.1) is 16.3 Å². The topological polar surface area (TPSA) is 55.5 Å². The van der Waals surface area contributed by atoms with Crippen molar-refractivity contribution in [2.75, 3.05) is 13.1 Å². The van der Waals surface area contributed by atoms with Gasteiger partial charge in [0, 0.05) is 48.9 Å². The highest BCUT2D eigenvalue weighted by atomic mass is 32.1. The summed E-state index contributed by atoms with van der Waals surface area (Å²) in [7, 11) is 0. The molecular formula is C24H22F5N5OS. The van der Waals surface area contributed by atoms with Crippen LogP contribution in [-0.4, -0.2) is 38.5 Å². The van der Waals surface area contributed by atoms with Gasteiger partial charge in [-0.05, 0) is 38.0 Å². The van der Waals surface area contributed by atoms with E-state index in [1.807, 2.05) is 10.3 Å². The number of hydrogen-bond donors (Lipinski definition) is 0. The number of halogens is 5. The Morgan fingerprint density at radius 2 is 1.83 bits per heavy atom. The number of aryl methyl sites for hydroxylation is 1. The lowest BCUT2D eigenvalue weighted by Crippen LogP contribution is -2.28. The number of oxime groups is 1. The number of thiazole rings is 1. The van der Waals surface area contributed by atoms with E-state index in [4.69, 9.17) is 9.82 Å². The third kappa shape index (κ3) is 4.99. The molecule has 12 heteroatoms. The van der Waals surface area contributed by atoms with E-state index in [0.29, 0.717) is 17.1 Å². The van der Waals surface area contributed by atoms with Crippen LogP contribution in [0.15, 0.2) is 41.0 Å². The van der Waals surface area contributed by atoms with Gasteiger partial charge >= 0.3 is 6.18 Å². The molecule has 0 N–H and O–H groups in total. The first-order valence-electron chi connectivity index (χ1n) is 11.4. The van der Waals surface area contributed by atoms with E-state index in [0.717, 1.165) is 37.0 Å². The van der Waals surface area contributed by atoms with Gasteiger partial charge in [-0.15, -0.1) is 11.3 Å². The molecule has 2 aliphatic rings. The van der Waals surface area contributed by atoms with Crippen LogP contribution in [0.4, 0.5) is 22.0 Å². The molecule has 36 heavy (non-hydrogen) atoms. The number of benzene rings is 1. The second-order valence-corrected chi connectivity index (χ2v) is 9.65. The predicted molar refractivity (Wildman–Crippen MR) is 124 cm³/mol. The van der Waals surface area contributed by atoms with Gasteiger partial charge in [-0.1, -0.05) is 11.2 Å². The maximum absolute atomic E-state index is 14.1. The highest BCUT2D eigenvalue weighted by molar-refractivity contribution is 7.10. The molecule has 0 bridgehead atoms. The van der Waals surface area contributed by atoms with Crippen molar-refractivity contribution in [2.24, 2.45) is 5.16 Å². The molecule has 0 amide bonds. The smallest absolute Gasteiger partial charge is 0.387 e. The van der Waals surface area contributed by atoms with Crippen LogP contribution >= 0.6 is 11.3 Å². The standard InChI is InChI=1S/C24H22F5N5OS/c1-14-11-21(24(27,28)29)31-34(14)10-9-33-7-5-15(6-8-33)23-30-19(13-36-23)18-12-20(35-32-18)22-16(25)3-2-4-17(22)26/h2-4,9-11,13,15,20H,5-8,12H2,1H3/b10-9+/t20-/m1/s1. The fourth-order valence-corrected chi connectivity index (χ4v) is 5.34. The maximum atomic E-state index is 14.1. The second-order valence-electron chi connectivity index (χ2n) is 8.76. The lowest BCUT2D eigenvalue weighted by molar-refractivity contribution is -0.141.